The number of rotatable bonds is 6. The first kappa shape index (κ1) is 12.9. The van der Waals surface area contributed by atoms with E-state index in [1.807, 2.05) is 6.07 Å². The van der Waals surface area contributed by atoms with Crippen molar-refractivity contribution in [1.82, 2.24) is 10.2 Å². The third kappa shape index (κ3) is 4.07. The molecule has 0 spiro atoms. The number of carboxylic acids is 1. The van der Waals surface area contributed by atoms with Crippen LogP contribution in [0.5, 0.6) is 0 Å². The summed E-state index contributed by atoms with van der Waals surface area (Å²) in [7, 11) is 0. The molecule has 1 atom stereocenters. The van der Waals surface area contributed by atoms with Crippen LogP contribution in [0.2, 0.25) is 0 Å². The summed E-state index contributed by atoms with van der Waals surface area (Å²) in [6, 6.07) is 3.58. The highest BCUT2D eigenvalue weighted by molar-refractivity contribution is 5.69. The molecule has 0 saturated heterocycles. The van der Waals surface area contributed by atoms with Gasteiger partial charge in [0.25, 0.3) is 0 Å². The number of nitriles is 1. The van der Waals surface area contributed by atoms with E-state index in [9.17, 15) is 4.79 Å². The van der Waals surface area contributed by atoms with Crippen molar-refractivity contribution in [3.8, 4) is 6.07 Å². The number of nitrogens with one attached hydrogen (secondary N) is 1. The second-order valence-corrected chi connectivity index (χ2v) is 3.71. The number of carboxylic acid groups (broad SMARTS) is 1. The van der Waals surface area contributed by atoms with Crippen LogP contribution in [0.15, 0.2) is 12.3 Å². The Kier molecular flexibility index (Phi) is 4.88. The standard InChI is InChI=1S/C11H14N4O2/c1-8(11(16)17)3-2-5-13-10-9(7-12)4-6-14-15-10/h4,6,8H,2-3,5H2,1H3,(H,13,15)(H,16,17). The van der Waals surface area contributed by atoms with Crippen LogP contribution in [0.3, 0.4) is 0 Å². The third-order valence-electron chi connectivity index (χ3n) is 2.37. The van der Waals surface area contributed by atoms with Crippen LogP contribution in [0, 0.1) is 17.2 Å². The summed E-state index contributed by atoms with van der Waals surface area (Å²) in [6.07, 6.45) is 2.75. The number of carbonyl (C=O) groups is 1. The molecule has 6 nitrogen and oxygen atoms in total. The first-order chi connectivity index (χ1) is 8.15. The zero-order valence-corrected chi connectivity index (χ0v) is 9.55. The fraction of sp³-hybridized carbons (Fsp3) is 0.455. The van der Waals surface area contributed by atoms with E-state index in [2.05, 4.69) is 15.5 Å². The number of anilines is 1. The van der Waals surface area contributed by atoms with Crippen LogP contribution in [0.25, 0.3) is 0 Å². The lowest BCUT2D eigenvalue weighted by molar-refractivity contribution is -0.141. The van der Waals surface area contributed by atoms with Crippen molar-refractivity contribution in [3.05, 3.63) is 17.8 Å². The molecule has 0 fully saturated rings. The van der Waals surface area contributed by atoms with Gasteiger partial charge in [-0.25, -0.2) is 0 Å². The lowest BCUT2D eigenvalue weighted by Crippen LogP contribution is -2.12. The molecule has 0 aliphatic heterocycles. The molecular formula is C11H14N4O2. The Bertz CT molecular complexity index is 428. The summed E-state index contributed by atoms with van der Waals surface area (Å²) in [6.45, 7) is 2.25. The minimum absolute atomic E-state index is 0.353. The maximum Gasteiger partial charge on any atom is 0.306 e. The quantitative estimate of drug-likeness (QED) is 0.719. The summed E-state index contributed by atoms with van der Waals surface area (Å²) in [5.74, 6) is -0.700. The Morgan fingerprint density at radius 3 is 3.12 bits per heavy atom. The fourth-order valence-electron chi connectivity index (χ4n) is 1.29. The Morgan fingerprint density at radius 1 is 1.71 bits per heavy atom. The van der Waals surface area contributed by atoms with Gasteiger partial charge in [-0.05, 0) is 18.9 Å². The summed E-state index contributed by atoms with van der Waals surface area (Å²) < 4.78 is 0. The van der Waals surface area contributed by atoms with Crippen molar-refractivity contribution in [3.63, 3.8) is 0 Å². The highest BCUT2D eigenvalue weighted by atomic mass is 16.4. The molecule has 1 aromatic heterocycles. The van der Waals surface area contributed by atoms with Crippen molar-refractivity contribution in [2.45, 2.75) is 19.8 Å². The van der Waals surface area contributed by atoms with E-state index < -0.39 is 5.97 Å². The molecule has 1 heterocycles. The normalized spacial score (nSPS) is 11.5. The number of hydrogen-bond donors (Lipinski definition) is 2. The lowest BCUT2D eigenvalue weighted by Gasteiger charge is -2.07. The molecule has 6 heteroatoms. The molecule has 0 radical (unpaired) electrons. The van der Waals surface area contributed by atoms with Crippen molar-refractivity contribution in [2.24, 2.45) is 5.92 Å². The monoisotopic (exact) mass is 234 g/mol. The SMILES string of the molecule is CC(CCCNc1nnccc1C#N)C(=O)O. The van der Waals surface area contributed by atoms with E-state index in [1.165, 1.54) is 6.20 Å². The third-order valence-corrected chi connectivity index (χ3v) is 2.37. The Labute approximate surface area is 99.3 Å². The van der Waals surface area contributed by atoms with Gasteiger partial charge in [0.05, 0.1) is 17.7 Å². The Balaban J connectivity index is 2.37. The zero-order chi connectivity index (χ0) is 12.7. The largest absolute Gasteiger partial charge is 0.481 e. The fourth-order valence-corrected chi connectivity index (χ4v) is 1.29. The van der Waals surface area contributed by atoms with Crippen molar-refractivity contribution in [2.75, 3.05) is 11.9 Å². The van der Waals surface area contributed by atoms with Gasteiger partial charge in [0.15, 0.2) is 5.82 Å². The Hall–Kier alpha value is -2.16. The van der Waals surface area contributed by atoms with E-state index >= 15 is 0 Å². The average molecular weight is 234 g/mol. The van der Waals surface area contributed by atoms with Gasteiger partial charge in [0, 0.05) is 6.54 Å². The average Bonchev–Trinajstić information content (AvgIpc) is 2.34. The molecule has 0 aliphatic rings. The van der Waals surface area contributed by atoms with Gasteiger partial charge in [-0.3, -0.25) is 4.79 Å². The first-order valence-electron chi connectivity index (χ1n) is 5.33. The molecule has 0 aromatic carbocycles. The second kappa shape index (κ2) is 6.43. The van der Waals surface area contributed by atoms with E-state index in [-0.39, 0.29) is 5.92 Å². The van der Waals surface area contributed by atoms with Crippen molar-refractivity contribution >= 4 is 11.8 Å². The number of aliphatic carboxylic acids is 1. The van der Waals surface area contributed by atoms with E-state index in [0.717, 1.165) is 0 Å². The zero-order valence-electron chi connectivity index (χ0n) is 9.55. The summed E-state index contributed by atoms with van der Waals surface area (Å²) in [5, 5.41) is 27.9. The number of aromatic nitrogens is 2. The van der Waals surface area contributed by atoms with Crippen LogP contribution >= 0.6 is 0 Å². The van der Waals surface area contributed by atoms with E-state index in [1.54, 1.807) is 13.0 Å². The summed E-state index contributed by atoms with van der Waals surface area (Å²) in [5.41, 5.74) is 0.436. The minimum atomic E-state index is -0.790. The minimum Gasteiger partial charge on any atom is -0.481 e. The van der Waals surface area contributed by atoms with Crippen LogP contribution < -0.4 is 5.32 Å². The van der Waals surface area contributed by atoms with Gasteiger partial charge in [-0.2, -0.15) is 10.4 Å². The lowest BCUT2D eigenvalue weighted by atomic mass is 10.1. The highest BCUT2D eigenvalue weighted by Crippen LogP contribution is 2.10. The van der Waals surface area contributed by atoms with Gasteiger partial charge in [0.1, 0.15) is 6.07 Å². The molecule has 0 aliphatic carbocycles. The molecule has 2 N–H and O–H groups in total. The molecule has 0 amide bonds. The van der Waals surface area contributed by atoms with Gasteiger partial charge in [0.2, 0.25) is 0 Å². The molecular weight excluding hydrogens is 220 g/mol. The first-order valence-corrected chi connectivity index (χ1v) is 5.33. The van der Waals surface area contributed by atoms with Crippen molar-refractivity contribution in [1.29, 1.82) is 5.26 Å². The maximum absolute atomic E-state index is 10.6. The van der Waals surface area contributed by atoms with E-state index in [4.69, 9.17) is 10.4 Å². The highest BCUT2D eigenvalue weighted by Gasteiger charge is 2.10. The maximum atomic E-state index is 10.6. The molecule has 1 rings (SSSR count). The van der Waals surface area contributed by atoms with E-state index in [0.29, 0.717) is 30.8 Å². The molecule has 0 saturated carbocycles. The summed E-state index contributed by atoms with van der Waals surface area (Å²) in [4.78, 5) is 10.6. The van der Waals surface area contributed by atoms with Gasteiger partial charge in [-0.1, -0.05) is 6.92 Å². The summed E-state index contributed by atoms with van der Waals surface area (Å²) >= 11 is 0. The topological polar surface area (TPSA) is 98.9 Å². The van der Waals surface area contributed by atoms with Crippen LogP contribution in [0.4, 0.5) is 5.82 Å². The number of hydrogen-bond acceptors (Lipinski definition) is 5. The van der Waals surface area contributed by atoms with Gasteiger partial charge < -0.3 is 10.4 Å². The number of nitrogens with zero attached hydrogens (tertiary/aromatic N) is 3. The van der Waals surface area contributed by atoms with Crippen molar-refractivity contribution < 1.29 is 9.90 Å². The molecule has 0 bridgehead atoms. The molecule has 17 heavy (non-hydrogen) atoms. The Morgan fingerprint density at radius 2 is 2.47 bits per heavy atom. The van der Waals surface area contributed by atoms with Gasteiger partial charge >= 0.3 is 5.97 Å². The molecule has 90 valence electrons. The van der Waals surface area contributed by atoms with Crippen LogP contribution in [0.1, 0.15) is 25.3 Å². The smallest absolute Gasteiger partial charge is 0.306 e. The second-order valence-electron chi connectivity index (χ2n) is 3.71. The predicted molar refractivity (Wildman–Crippen MR) is 61.3 cm³/mol. The molecule has 1 unspecified atom stereocenters. The van der Waals surface area contributed by atoms with Crippen LogP contribution in [-0.2, 0) is 4.79 Å². The predicted octanol–water partition coefficient (Wildman–Crippen LogP) is 1.26. The molecule has 1 aromatic rings. The van der Waals surface area contributed by atoms with Crippen LogP contribution in [-0.4, -0.2) is 27.8 Å². The van der Waals surface area contributed by atoms with Gasteiger partial charge in [-0.15, -0.1) is 5.10 Å².